The first-order chi connectivity index (χ1) is 11.2. The Morgan fingerprint density at radius 3 is 2.96 bits per heavy atom. The number of rotatable bonds is 4. The van der Waals surface area contributed by atoms with E-state index in [0.717, 1.165) is 36.4 Å². The van der Waals surface area contributed by atoms with Gasteiger partial charge in [0, 0.05) is 25.0 Å². The summed E-state index contributed by atoms with van der Waals surface area (Å²) in [7, 11) is 3.74. The molecule has 0 atom stereocenters. The molecule has 0 radical (unpaired) electrons. The molecule has 4 heteroatoms. The highest BCUT2D eigenvalue weighted by atomic mass is 16.5. The van der Waals surface area contributed by atoms with Gasteiger partial charge in [-0.05, 0) is 54.3 Å². The van der Waals surface area contributed by atoms with Gasteiger partial charge in [0.1, 0.15) is 5.75 Å². The topological polar surface area (TPSA) is 41.6 Å². The van der Waals surface area contributed by atoms with Gasteiger partial charge in [-0.2, -0.15) is 0 Å². The fourth-order valence-corrected chi connectivity index (χ4v) is 3.04. The van der Waals surface area contributed by atoms with E-state index < -0.39 is 0 Å². The second kappa shape index (κ2) is 6.73. The van der Waals surface area contributed by atoms with Crippen LogP contribution in [0.15, 0.2) is 42.5 Å². The Balaban J connectivity index is 1.68. The van der Waals surface area contributed by atoms with E-state index in [1.165, 1.54) is 11.3 Å². The summed E-state index contributed by atoms with van der Waals surface area (Å²) in [5.74, 6) is 0.759. The second-order valence-electron chi connectivity index (χ2n) is 5.95. The standard InChI is InChI=1S/C19H22N2O2/c1-21-10-4-6-15-13-16(8-9-18(15)21)20-19(22)12-14-5-3-7-17(11-14)23-2/h3,5,7-9,11,13H,4,6,10,12H2,1-2H3,(H,20,22). The van der Waals surface area contributed by atoms with E-state index in [2.05, 4.69) is 29.4 Å². The zero-order valence-corrected chi connectivity index (χ0v) is 13.6. The number of benzene rings is 2. The molecule has 1 aliphatic heterocycles. The Morgan fingerprint density at radius 1 is 1.26 bits per heavy atom. The molecular weight excluding hydrogens is 288 g/mol. The lowest BCUT2D eigenvalue weighted by Crippen LogP contribution is -2.24. The summed E-state index contributed by atoms with van der Waals surface area (Å²) in [6.07, 6.45) is 2.57. The molecule has 0 fully saturated rings. The first kappa shape index (κ1) is 15.4. The summed E-state index contributed by atoms with van der Waals surface area (Å²) < 4.78 is 5.19. The van der Waals surface area contributed by atoms with Gasteiger partial charge in [0.2, 0.25) is 5.91 Å². The van der Waals surface area contributed by atoms with Crippen LogP contribution in [-0.4, -0.2) is 26.6 Å². The Kier molecular flexibility index (Phi) is 4.51. The van der Waals surface area contributed by atoms with Crippen LogP contribution < -0.4 is 15.0 Å². The number of ether oxygens (including phenoxy) is 1. The van der Waals surface area contributed by atoms with Crippen LogP contribution in [0.5, 0.6) is 5.75 Å². The minimum atomic E-state index is -0.0117. The monoisotopic (exact) mass is 310 g/mol. The van der Waals surface area contributed by atoms with E-state index in [1.54, 1.807) is 7.11 Å². The van der Waals surface area contributed by atoms with Crippen molar-refractivity contribution in [1.29, 1.82) is 0 Å². The number of aryl methyl sites for hydroxylation is 1. The van der Waals surface area contributed by atoms with Crippen LogP contribution in [0, 0.1) is 0 Å². The predicted octanol–water partition coefficient (Wildman–Crippen LogP) is 3.26. The fourth-order valence-electron chi connectivity index (χ4n) is 3.04. The molecule has 1 aliphatic rings. The molecule has 0 aromatic heterocycles. The van der Waals surface area contributed by atoms with Crippen LogP contribution in [0.3, 0.4) is 0 Å². The number of fused-ring (bicyclic) bond motifs is 1. The number of hydrogen-bond acceptors (Lipinski definition) is 3. The van der Waals surface area contributed by atoms with Gasteiger partial charge < -0.3 is 15.0 Å². The van der Waals surface area contributed by atoms with Crippen molar-refractivity contribution < 1.29 is 9.53 Å². The highest BCUT2D eigenvalue weighted by Crippen LogP contribution is 2.28. The molecule has 1 N–H and O–H groups in total. The summed E-state index contributed by atoms with van der Waals surface area (Å²) in [6.45, 7) is 1.09. The largest absolute Gasteiger partial charge is 0.497 e. The van der Waals surface area contributed by atoms with Gasteiger partial charge in [0.25, 0.3) is 0 Å². The number of amides is 1. The lowest BCUT2D eigenvalue weighted by atomic mass is 10.0. The van der Waals surface area contributed by atoms with Crippen LogP contribution in [0.25, 0.3) is 0 Å². The Bertz CT molecular complexity index is 712. The van der Waals surface area contributed by atoms with Crippen molar-refractivity contribution in [3.63, 3.8) is 0 Å². The van der Waals surface area contributed by atoms with E-state index in [1.807, 2.05) is 30.3 Å². The molecular formula is C19H22N2O2. The highest BCUT2D eigenvalue weighted by molar-refractivity contribution is 5.92. The zero-order chi connectivity index (χ0) is 16.2. The first-order valence-corrected chi connectivity index (χ1v) is 7.92. The van der Waals surface area contributed by atoms with Crippen molar-refractivity contribution in [3.8, 4) is 5.75 Å². The molecule has 3 rings (SSSR count). The van der Waals surface area contributed by atoms with Crippen molar-refractivity contribution in [2.45, 2.75) is 19.3 Å². The fraction of sp³-hybridized carbons (Fsp3) is 0.316. The summed E-state index contributed by atoms with van der Waals surface area (Å²) in [4.78, 5) is 14.5. The average molecular weight is 310 g/mol. The number of anilines is 2. The third-order valence-electron chi connectivity index (χ3n) is 4.21. The van der Waals surface area contributed by atoms with Gasteiger partial charge in [-0.1, -0.05) is 12.1 Å². The maximum absolute atomic E-state index is 12.3. The predicted molar refractivity (Wildman–Crippen MR) is 93.4 cm³/mol. The highest BCUT2D eigenvalue weighted by Gasteiger charge is 2.14. The molecule has 0 spiro atoms. The summed E-state index contributed by atoms with van der Waals surface area (Å²) in [5, 5.41) is 2.99. The van der Waals surface area contributed by atoms with Crippen molar-refractivity contribution in [3.05, 3.63) is 53.6 Å². The van der Waals surface area contributed by atoms with Gasteiger partial charge in [0.15, 0.2) is 0 Å². The number of nitrogens with zero attached hydrogens (tertiary/aromatic N) is 1. The number of hydrogen-bond donors (Lipinski definition) is 1. The molecule has 1 heterocycles. The Hall–Kier alpha value is -2.49. The van der Waals surface area contributed by atoms with Crippen molar-refractivity contribution in [1.82, 2.24) is 0 Å². The summed E-state index contributed by atoms with van der Waals surface area (Å²) in [5.41, 5.74) is 4.38. The van der Waals surface area contributed by atoms with E-state index in [9.17, 15) is 4.79 Å². The molecule has 0 saturated carbocycles. The average Bonchev–Trinajstić information content (AvgIpc) is 2.55. The smallest absolute Gasteiger partial charge is 0.228 e. The Labute approximate surface area is 137 Å². The van der Waals surface area contributed by atoms with E-state index in [4.69, 9.17) is 4.74 Å². The summed E-state index contributed by atoms with van der Waals surface area (Å²) in [6, 6.07) is 13.8. The number of carbonyl (C=O) groups is 1. The number of nitrogens with one attached hydrogen (secondary N) is 1. The lowest BCUT2D eigenvalue weighted by Gasteiger charge is -2.27. The first-order valence-electron chi connectivity index (χ1n) is 7.92. The van der Waals surface area contributed by atoms with E-state index in [-0.39, 0.29) is 5.91 Å². The maximum Gasteiger partial charge on any atom is 0.228 e. The van der Waals surface area contributed by atoms with Crippen molar-refractivity contribution in [2.75, 3.05) is 30.9 Å². The van der Waals surface area contributed by atoms with Crippen LogP contribution in [-0.2, 0) is 17.6 Å². The molecule has 0 unspecified atom stereocenters. The number of methoxy groups -OCH3 is 1. The molecule has 0 saturated heterocycles. The van der Waals surface area contributed by atoms with Gasteiger partial charge in [-0.3, -0.25) is 4.79 Å². The lowest BCUT2D eigenvalue weighted by molar-refractivity contribution is -0.115. The van der Waals surface area contributed by atoms with Crippen LogP contribution in [0.2, 0.25) is 0 Å². The summed E-state index contributed by atoms with van der Waals surface area (Å²) >= 11 is 0. The van der Waals surface area contributed by atoms with Gasteiger partial charge in [-0.15, -0.1) is 0 Å². The second-order valence-corrected chi connectivity index (χ2v) is 5.95. The molecule has 0 aliphatic carbocycles. The normalized spacial score (nSPS) is 13.4. The minimum Gasteiger partial charge on any atom is -0.497 e. The quantitative estimate of drug-likeness (QED) is 0.942. The Morgan fingerprint density at radius 2 is 2.13 bits per heavy atom. The molecule has 0 bridgehead atoms. The van der Waals surface area contributed by atoms with Gasteiger partial charge >= 0.3 is 0 Å². The molecule has 4 nitrogen and oxygen atoms in total. The SMILES string of the molecule is COc1cccc(CC(=O)Nc2ccc3c(c2)CCCN3C)c1. The van der Waals surface area contributed by atoms with Gasteiger partial charge in [0.05, 0.1) is 13.5 Å². The third-order valence-corrected chi connectivity index (χ3v) is 4.21. The molecule has 1 amide bonds. The maximum atomic E-state index is 12.3. The van der Waals surface area contributed by atoms with Crippen molar-refractivity contribution in [2.24, 2.45) is 0 Å². The van der Waals surface area contributed by atoms with Crippen LogP contribution in [0.4, 0.5) is 11.4 Å². The van der Waals surface area contributed by atoms with E-state index in [0.29, 0.717) is 6.42 Å². The zero-order valence-electron chi connectivity index (χ0n) is 13.6. The minimum absolute atomic E-state index is 0.0117. The van der Waals surface area contributed by atoms with Crippen LogP contribution >= 0.6 is 0 Å². The van der Waals surface area contributed by atoms with Gasteiger partial charge in [-0.25, -0.2) is 0 Å². The molecule has 23 heavy (non-hydrogen) atoms. The molecule has 2 aromatic rings. The third kappa shape index (κ3) is 3.65. The van der Waals surface area contributed by atoms with Crippen LogP contribution in [0.1, 0.15) is 17.5 Å². The van der Waals surface area contributed by atoms with Crippen molar-refractivity contribution >= 4 is 17.3 Å². The van der Waals surface area contributed by atoms with E-state index >= 15 is 0 Å². The number of carbonyl (C=O) groups excluding carboxylic acids is 1. The molecule has 120 valence electrons. The molecule has 2 aromatic carbocycles.